The van der Waals surface area contributed by atoms with Gasteiger partial charge >= 0.3 is 5.97 Å². The van der Waals surface area contributed by atoms with Crippen molar-refractivity contribution < 1.29 is 26.7 Å². The topological polar surface area (TPSA) is 103 Å². The number of aryl methyl sites for hydroxylation is 1. The number of esters is 1. The predicted molar refractivity (Wildman–Crippen MR) is 104 cm³/mol. The zero-order chi connectivity index (χ0) is 22.1. The lowest BCUT2D eigenvalue weighted by molar-refractivity contribution is 0.0524. The van der Waals surface area contributed by atoms with Crippen molar-refractivity contribution in [1.82, 2.24) is 14.8 Å². The van der Waals surface area contributed by atoms with Gasteiger partial charge in [0.2, 0.25) is 0 Å². The van der Waals surface area contributed by atoms with E-state index in [0.717, 1.165) is 12.1 Å². The van der Waals surface area contributed by atoms with E-state index in [1.54, 1.807) is 20.8 Å². The molecule has 11 heteroatoms. The molecular weight excluding hydrogens is 418 g/mol. The lowest BCUT2D eigenvalue weighted by Gasteiger charge is -2.10. The van der Waals surface area contributed by atoms with E-state index in [2.05, 4.69) is 14.8 Å². The average molecular weight is 436 g/mol. The Kier molecular flexibility index (Phi) is 5.83. The van der Waals surface area contributed by atoms with Crippen LogP contribution in [0.4, 0.5) is 14.5 Å². The Labute approximate surface area is 171 Å². The molecule has 1 N–H and O–H groups in total. The van der Waals surface area contributed by atoms with E-state index >= 15 is 0 Å². The standard InChI is InChI=1S/C19H18F2N4O4S/c1-4-29-19(26)18-11(2)23-25(12(18)3)17-8-6-14(10-22-17)24-30(27,28)16-7-5-13(20)9-15(16)21/h5-10,24H,4H2,1-3H3. The number of nitrogens with zero attached hydrogens (tertiary/aromatic N) is 3. The van der Waals surface area contributed by atoms with Crippen molar-refractivity contribution in [2.75, 3.05) is 11.3 Å². The van der Waals surface area contributed by atoms with Crippen molar-refractivity contribution in [3.05, 3.63) is 65.1 Å². The highest BCUT2D eigenvalue weighted by atomic mass is 32.2. The maximum atomic E-state index is 13.8. The van der Waals surface area contributed by atoms with Gasteiger partial charge in [-0.1, -0.05) is 0 Å². The third-order valence-corrected chi connectivity index (χ3v) is 5.59. The Bertz CT molecular complexity index is 1210. The summed E-state index contributed by atoms with van der Waals surface area (Å²) in [6.07, 6.45) is 1.22. The first-order chi connectivity index (χ1) is 14.1. The first-order valence-corrected chi connectivity index (χ1v) is 10.3. The van der Waals surface area contributed by atoms with Gasteiger partial charge in [-0.05, 0) is 45.0 Å². The summed E-state index contributed by atoms with van der Waals surface area (Å²) in [5, 5.41) is 4.28. The number of anilines is 1. The van der Waals surface area contributed by atoms with Gasteiger partial charge in [0, 0.05) is 6.07 Å². The van der Waals surface area contributed by atoms with Crippen molar-refractivity contribution >= 4 is 21.7 Å². The van der Waals surface area contributed by atoms with Crippen LogP contribution < -0.4 is 4.72 Å². The second-order valence-electron chi connectivity index (χ2n) is 6.26. The number of pyridine rings is 1. The molecule has 0 saturated carbocycles. The number of sulfonamides is 1. The number of carbonyl (C=O) groups excluding carboxylic acids is 1. The minimum atomic E-state index is -4.28. The number of hydrogen-bond acceptors (Lipinski definition) is 6. The molecule has 2 aromatic heterocycles. The average Bonchev–Trinajstić information content (AvgIpc) is 2.96. The summed E-state index contributed by atoms with van der Waals surface area (Å²) in [5.41, 5.74) is 1.37. The Morgan fingerprint density at radius 1 is 1.20 bits per heavy atom. The number of hydrogen-bond donors (Lipinski definition) is 1. The zero-order valence-corrected chi connectivity index (χ0v) is 17.1. The monoisotopic (exact) mass is 436 g/mol. The molecule has 158 valence electrons. The lowest BCUT2D eigenvalue weighted by atomic mass is 10.2. The van der Waals surface area contributed by atoms with Crippen molar-refractivity contribution in [2.24, 2.45) is 0 Å². The molecule has 0 saturated heterocycles. The Morgan fingerprint density at radius 3 is 2.53 bits per heavy atom. The molecule has 0 aliphatic heterocycles. The fourth-order valence-corrected chi connectivity index (χ4v) is 3.94. The molecule has 0 unspecified atom stereocenters. The number of rotatable bonds is 6. The highest BCUT2D eigenvalue weighted by Gasteiger charge is 2.22. The quantitative estimate of drug-likeness (QED) is 0.596. The summed E-state index contributed by atoms with van der Waals surface area (Å²) in [6.45, 7) is 5.27. The van der Waals surface area contributed by atoms with Crippen LogP contribution in [0.25, 0.3) is 5.82 Å². The van der Waals surface area contributed by atoms with Crippen LogP contribution >= 0.6 is 0 Å². The van der Waals surface area contributed by atoms with E-state index in [1.807, 2.05) is 0 Å². The summed E-state index contributed by atoms with van der Waals surface area (Å²) in [4.78, 5) is 15.6. The van der Waals surface area contributed by atoms with E-state index in [4.69, 9.17) is 4.74 Å². The van der Waals surface area contributed by atoms with Crippen molar-refractivity contribution in [2.45, 2.75) is 25.7 Å². The number of benzene rings is 1. The number of carbonyl (C=O) groups is 1. The first-order valence-electron chi connectivity index (χ1n) is 8.81. The van der Waals surface area contributed by atoms with E-state index in [1.165, 1.54) is 23.0 Å². The molecule has 2 heterocycles. The molecule has 3 rings (SSSR count). The summed E-state index contributed by atoms with van der Waals surface area (Å²) in [5.74, 6) is -2.25. The smallest absolute Gasteiger partial charge is 0.341 e. The molecule has 0 amide bonds. The molecule has 0 aliphatic rings. The summed E-state index contributed by atoms with van der Waals surface area (Å²) in [6, 6.07) is 5.06. The SMILES string of the molecule is CCOC(=O)c1c(C)nn(-c2ccc(NS(=O)(=O)c3ccc(F)cc3F)cn2)c1C. The van der Waals surface area contributed by atoms with E-state index in [9.17, 15) is 22.0 Å². The highest BCUT2D eigenvalue weighted by molar-refractivity contribution is 7.92. The van der Waals surface area contributed by atoms with Crippen LogP contribution in [-0.2, 0) is 14.8 Å². The van der Waals surface area contributed by atoms with E-state index in [0.29, 0.717) is 28.8 Å². The summed E-state index contributed by atoms with van der Waals surface area (Å²) in [7, 11) is -4.28. The van der Waals surface area contributed by atoms with Gasteiger partial charge in [0.1, 0.15) is 22.1 Å². The number of ether oxygens (including phenoxy) is 1. The van der Waals surface area contributed by atoms with Crippen molar-refractivity contribution in [3.8, 4) is 5.82 Å². The molecule has 0 bridgehead atoms. The van der Waals surface area contributed by atoms with Gasteiger partial charge in [-0.3, -0.25) is 4.72 Å². The van der Waals surface area contributed by atoms with Crippen molar-refractivity contribution in [3.63, 3.8) is 0 Å². The van der Waals surface area contributed by atoms with Gasteiger partial charge in [-0.15, -0.1) is 0 Å². The highest BCUT2D eigenvalue weighted by Crippen LogP contribution is 2.21. The van der Waals surface area contributed by atoms with E-state index < -0.39 is 32.5 Å². The van der Waals surface area contributed by atoms with Crippen LogP contribution in [0.1, 0.15) is 28.7 Å². The second kappa shape index (κ2) is 8.19. The maximum absolute atomic E-state index is 13.8. The summed E-state index contributed by atoms with van der Waals surface area (Å²) >= 11 is 0. The maximum Gasteiger partial charge on any atom is 0.341 e. The molecule has 0 radical (unpaired) electrons. The fourth-order valence-electron chi connectivity index (χ4n) is 2.84. The van der Waals surface area contributed by atoms with E-state index in [-0.39, 0.29) is 12.3 Å². The number of nitrogens with one attached hydrogen (secondary N) is 1. The lowest BCUT2D eigenvalue weighted by Crippen LogP contribution is -2.15. The van der Waals surface area contributed by atoms with Crippen LogP contribution in [-0.4, -0.2) is 35.8 Å². The number of halogens is 2. The molecule has 0 spiro atoms. The molecule has 30 heavy (non-hydrogen) atoms. The van der Waals surface area contributed by atoms with Gasteiger partial charge in [0.25, 0.3) is 10.0 Å². The van der Waals surface area contributed by atoms with Gasteiger partial charge in [0.05, 0.1) is 29.9 Å². The van der Waals surface area contributed by atoms with Crippen LogP contribution in [0.15, 0.2) is 41.4 Å². The van der Waals surface area contributed by atoms with Gasteiger partial charge in [0.15, 0.2) is 5.82 Å². The molecule has 8 nitrogen and oxygen atoms in total. The van der Waals surface area contributed by atoms with Crippen LogP contribution in [0.3, 0.4) is 0 Å². The fraction of sp³-hybridized carbons (Fsp3) is 0.211. The molecule has 0 atom stereocenters. The molecular formula is C19H18F2N4O4S. The third kappa shape index (κ3) is 4.15. The van der Waals surface area contributed by atoms with Gasteiger partial charge in [-0.25, -0.2) is 31.7 Å². The summed E-state index contributed by atoms with van der Waals surface area (Å²) < 4.78 is 60.2. The van der Waals surface area contributed by atoms with Crippen molar-refractivity contribution in [1.29, 1.82) is 0 Å². The minimum Gasteiger partial charge on any atom is -0.462 e. The first kappa shape index (κ1) is 21.4. The van der Waals surface area contributed by atoms with Gasteiger partial charge in [-0.2, -0.15) is 5.10 Å². The van der Waals surface area contributed by atoms with Crippen LogP contribution in [0.5, 0.6) is 0 Å². The predicted octanol–water partition coefficient (Wildman–Crippen LogP) is 3.14. The Morgan fingerprint density at radius 2 is 1.93 bits per heavy atom. The number of aromatic nitrogens is 3. The van der Waals surface area contributed by atoms with Crippen LogP contribution in [0.2, 0.25) is 0 Å². The molecule has 3 aromatic rings. The normalized spacial score (nSPS) is 11.4. The Hall–Kier alpha value is -3.34. The minimum absolute atomic E-state index is 0.0645. The third-order valence-electron chi connectivity index (χ3n) is 4.17. The Balaban J connectivity index is 1.87. The second-order valence-corrected chi connectivity index (χ2v) is 7.91. The molecule has 1 aromatic carbocycles. The van der Waals surface area contributed by atoms with Gasteiger partial charge < -0.3 is 4.74 Å². The largest absolute Gasteiger partial charge is 0.462 e. The molecule has 0 aliphatic carbocycles. The zero-order valence-electron chi connectivity index (χ0n) is 16.3. The van der Waals surface area contributed by atoms with Crippen LogP contribution in [0, 0.1) is 25.5 Å². The molecule has 0 fully saturated rings.